The van der Waals surface area contributed by atoms with Gasteiger partial charge in [0.1, 0.15) is 5.75 Å². The molecule has 0 radical (unpaired) electrons. The Bertz CT molecular complexity index is 507. The lowest BCUT2D eigenvalue weighted by Crippen LogP contribution is -1.81. The van der Waals surface area contributed by atoms with E-state index in [2.05, 4.69) is 9.97 Å². The van der Waals surface area contributed by atoms with E-state index in [9.17, 15) is 5.11 Å². The number of benzene rings is 1. The molecule has 0 saturated carbocycles. The molecular weight excluding hydrogens is 200 g/mol. The summed E-state index contributed by atoms with van der Waals surface area (Å²) >= 11 is 0. The van der Waals surface area contributed by atoms with Crippen molar-refractivity contribution in [2.45, 2.75) is 6.92 Å². The average Bonchev–Trinajstić information content (AvgIpc) is 2.32. The Hall–Kier alpha value is -2.16. The third kappa shape index (κ3) is 2.45. The van der Waals surface area contributed by atoms with Crippen LogP contribution in [0.25, 0.3) is 12.2 Å². The SMILES string of the molecule is Cc1ccc(O)c(/C=C/c2cnccn2)c1. The van der Waals surface area contributed by atoms with E-state index in [-0.39, 0.29) is 5.75 Å². The Balaban J connectivity index is 2.27. The molecule has 0 aliphatic carbocycles. The normalized spacial score (nSPS) is 10.8. The molecule has 0 saturated heterocycles. The van der Waals surface area contributed by atoms with Gasteiger partial charge in [-0.1, -0.05) is 11.6 Å². The summed E-state index contributed by atoms with van der Waals surface area (Å²) < 4.78 is 0. The number of aryl methyl sites for hydroxylation is 1. The average molecular weight is 212 g/mol. The second-order valence-electron chi connectivity index (χ2n) is 3.53. The minimum atomic E-state index is 0.269. The molecule has 0 atom stereocenters. The van der Waals surface area contributed by atoms with Gasteiger partial charge in [-0.25, -0.2) is 0 Å². The van der Waals surface area contributed by atoms with Crippen molar-refractivity contribution in [1.82, 2.24) is 9.97 Å². The predicted molar refractivity (Wildman–Crippen MR) is 63.8 cm³/mol. The third-order valence-electron chi connectivity index (χ3n) is 2.20. The summed E-state index contributed by atoms with van der Waals surface area (Å²) in [6, 6.07) is 5.48. The molecule has 0 fully saturated rings. The van der Waals surface area contributed by atoms with Crippen molar-refractivity contribution < 1.29 is 5.11 Å². The number of phenols is 1. The van der Waals surface area contributed by atoms with Crippen molar-refractivity contribution in [2.24, 2.45) is 0 Å². The zero-order chi connectivity index (χ0) is 11.4. The van der Waals surface area contributed by atoms with Gasteiger partial charge in [-0.05, 0) is 31.2 Å². The van der Waals surface area contributed by atoms with Crippen LogP contribution >= 0.6 is 0 Å². The maximum atomic E-state index is 9.63. The monoisotopic (exact) mass is 212 g/mol. The molecule has 2 rings (SSSR count). The molecule has 2 aromatic rings. The lowest BCUT2D eigenvalue weighted by Gasteiger charge is -2.00. The molecule has 0 unspecified atom stereocenters. The first-order chi connectivity index (χ1) is 7.75. The molecule has 0 amide bonds. The first-order valence-electron chi connectivity index (χ1n) is 4.99. The Morgan fingerprint density at radius 3 is 2.81 bits per heavy atom. The maximum Gasteiger partial charge on any atom is 0.122 e. The van der Waals surface area contributed by atoms with Crippen LogP contribution in [0.15, 0.2) is 36.8 Å². The predicted octanol–water partition coefficient (Wildman–Crippen LogP) is 2.66. The van der Waals surface area contributed by atoms with Crippen LogP contribution in [0.4, 0.5) is 0 Å². The number of phenolic OH excluding ortho intramolecular Hbond substituents is 1. The number of hydrogen-bond donors (Lipinski definition) is 1. The summed E-state index contributed by atoms with van der Waals surface area (Å²) in [5.41, 5.74) is 2.66. The van der Waals surface area contributed by atoms with E-state index in [0.717, 1.165) is 16.8 Å². The van der Waals surface area contributed by atoms with E-state index in [0.29, 0.717) is 0 Å². The van der Waals surface area contributed by atoms with Crippen LogP contribution in [0.3, 0.4) is 0 Å². The second-order valence-corrected chi connectivity index (χ2v) is 3.53. The fourth-order valence-corrected chi connectivity index (χ4v) is 1.38. The van der Waals surface area contributed by atoms with Gasteiger partial charge in [0.2, 0.25) is 0 Å². The van der Waals surface area contributed by atoms with Crippen LogP contribution in [-0.4, -0.2) is 15.1 Å². The lowest BCUT2D eigenvalue weighted by atomic mass is 10.1. The molecule has 1 heterocycles. The summed E-state index contributed by atoms with van der Waals surface area (Å²) in [6.45, 7) is 1.99. The highest BCUT2D eigenvalue weighted by Gasteiger charge is 1.96. The Morgan fingerprint density at radius 2 is 2.06 bits per heavy atom. The van der Waals surface area contributed by atoms with Gasteiger partial charge in [0.05, 0.1) is 11.9 Å². The van der Waals surface area contributed by atoms with E-state index in [1.165, 1.54) is 0 Å². The summed E-state index contributed by atoms with van der Waals surface area (Å²) in [5.74, 6) is 0.269. The van der Waals surface area contributed by atoms with Crippen LogP contribution in [-0.2, 0) is 0 Å². The molecule has 0 spiro atoms. The van der Waals surface area contributed by atoms with Gasteiger partial charge in [-0.15, -0.1) is 0 Å². The highest BCUT2D eigenvalue weighted by atomic mass is 16.3. The van der Waals surface area contributed by atoms with Crippen molar-refractivity contribution in [1.29, 1.82) is 0 Å². The largest absolute Gasteiger partial charge is 0.507 e. The molecule has 80 valence electrons. The fraction of sp³-hybridized carbons (Fsp3) is 0.0769. The van der Waals surface area contributed by atoms with Crippen LogP contribution in [0, 0.1) is 6.92 Å². The van der Waals surface area contributed by atoms with E-state index in [4.69, 9.17) is 0 Å². The summed E-state index contributed by atoms with van der Waals surface area (Å²) in [6.07, 6.45) is 8.58. The molecular formula is C13H12N2O. The van der Waals surface area contributed by atoms with Crippen molar-refractivity contribution in [3.05, 3.63) is 53.6 Å². The summed E-state index contributed by atoms with van der Waals surface area (Å²) in [7, 11) is 0. The number of rotatable bonds is 2. The van der Waals surface area contributed by atoms with Crippen molar-refractivity contribution in [3.8, 4) is 5.75 Å². The molecule has 3 heteroatoms. The summed E-state index contributed by atoms with van der Waals surface area (Å²) in [5, 5.41) is 9.63. The summed E-state index contributed by atoms with van der Waals surface area (Å²) in [4.78, 5) is 8.08. The van der Waals surface area contributed by atoms with Crippen molar-refractivity contribution >= 4 is 12.2 Å². The molecule has 1 aromatic carbocycles. The van der Waals surface area contributed by atoms with E-state index in [1.54, 1.807) is 24.7 Å². The smallest absolute Gasteiger partial charge is 0.122 e. The van der Waals surface area contributed by atoms with Gasteiger partial charge in [0.15, 0.2) is 0 Å². The molecule has 1 N–H and O–H groups in total. The first kappa shape index (κ1) is 10.4. The van der Waals surface area contributed by atoms with Gasteiger partial charge < -0.3 is 5.11 Å². The lowest BCUT2D eigenvalue weighted by molar-refractivity contribution is 0.474. The highest BCUT2D eigenvalue weighted by molar-refractivity contribution is 5.71. The molecule has 1 aromatic heterocycles. The van der Waals surface area contributed by atoms with Gasteiger partial charge in [0, 0.05) is 18.0 Å². The van der Waals surface area contributed by atoms with Crippen molar-refractivity contribution in [2.75, 3.05) is 0 Å². The Morgan fingerprint density at radius 1 is 1.19 bits per heavy atom. The van der Waals surface area contributed by atoms with Crippen LogP contribution in [0.5, 0.6) is 5.75 Å². The highest BCUT2D eigenvalue weighted by Crippen LogP contribution is 2.20. The van der Waals surface area contributed by atoms with Crippen LogP contribution in [0.1, 0.15) is 16.8 Å². The van der Waals surface area contributed by atoms with Crippen LogP contribution < -0.4 is 0 Å². The second kappa shape index (κ2) is 4.57. The van der Waals surface area contributed by atoms with E-state index >= 15 is 0 Å². The minimum Gasteiger partial charge on any atom is -0.507 e. The first-order valence-corrected chi connectivity index (χ1v) is 4.99. The number of aromatic hydroxyl groups is 1. The molecule has 0 aliphatic rings. The van der Waals surface area contributed by atoms with Gasteiger partial charge in [-0.2, -0.15) is 0 Å². The molecule has 3 nitrogen and oxygen atoms in total. The topological polar surface area (TPSA) is 46.0 Å². The Kier molecular flexibility index (Phi) is 2.96. The van der Waals surface area contributed by atoms with E-state index in [1.807, 2.05) is 31.2 Å². The van der Waals surface area contributed by atoms with Gasteiger partial charge >= 0.3 is 0 Å². The number of nitrogens with zero attached hydrogens (tertiary/aromatic N) is 2. The molecule has 16 heavy (non-hydrogen) atoms. The van der Waals surface area contributed by atoms with Crippen LogP contribution in [0.2, 0.25) is 0 Å². The number of aromatic nitrogens is 2. The number of hydrogen-bond acceptors (Lipinski definition) is 3. The third-order valence-corrected chi connectivity index (χ3v) is 2.20. The zero-order valence-corrected chi connectivity index (χ0v) is 8.96. The van der Waals surface area contributed by atoms with Gasteiger partial charge in [0.25, 0.3) is 0 Å². The minimum absolute atomic E-state index is 0.269. The van der Waals surface area contributed by atoms with Gasteiger partial charge in [-0.3, -0.25) is 9.97 Å². The zero-order valence-electron chi connectivity index (χ0n) is 8.96. The van der Waals surface area contributed by atoms with E-state index < -0.39 is 0 Å². The molecule has 0 bridgehead atoms. The quantitative estimate of drug-likeness (QED) is 0.832. The standard InChI is InChI=1S/C13H12N2O/c1-10-2-5-13(16)11(8-10)3-4-12-9-14-6-7-15-12/h2-9,16H,1H3/b4-3+. The maximum absolute atomic E-state index is 9.63. The fourth-order valence-electron chi connectivity index (χ4n) is 1.38. The molecule has 0 aliphatic heterocycles. The Labute approximate surface area is 94.1 Å². The van der Waals surface area contributed by atoms with Crippen molar-refractivity contribution in [3.63, 3.8) is 0 Å².